The molecular formula is C14H15ClN2O. The van der Waals surface area contributed by atoms with Gasteiger partial charge in [0.2, 0.25) is 5.88 Å². The second kappa shape index (κ2) is 5.85. The number of ether oxygens (including phenoxy) is 1. The molecule has 2 rings (SSSR count). The third kappa shape index (κ3) is 3.22. The monoisotopic (exact) mass is 262 g/mol. The molecule has 4 heteroatoms. The maximum absolute atomic E-state index is 5.95. The van der Waals surface area contributed by atoms with Crippen LogP contribution in [-0.4, -0.2) is 12.0 Å². The van der Waals surface area contributed by atoms with Gasteiger partial charge in [0.15, 0.2) is 0 Å². The molecule has 1 heterocycles. The van der Waals surface area contributed by atoms with Gasteiger partial charge >= 0.3 is 0 Å². The van der Waals surface area contributed by atoms with Crippen molar-refractivity contribution in [2.24, 2.45) is 0 Å². The Labute approximate surface area is 112 Å². The molecule has 0 saturated heterocycles. The zero-order valence-electron chi connectivity index (χ0n) is 10.4. The van der Waals surface area contributed by atoms with E-state index in [0.717, 1.165) is 17.0 Å². The summed E-state index contributed by atoms with van der Waals surface area (Å²) in [6.07, 6.45) is 0. The van der Waals surface area contributed by atoms with Gasteiger partial charge in [0.05, 0.1) is 5.69 Å². The molecule has 1 aromatic heterocycles. The Morgan fingerprint density at radius 2 is 2.11 bits per heavy atom. The van der Waals surface area contributed by atoms with E-state index in [1.807, 2.05) is 44.3 Å². The van der Waals surface area contributed by atoms with E-state index < -0.39 is 0 Å². The van der Waals surface area contributed by atoms with E-state index in [0.29, 0.717) is 17.4 Å². The van der Waals surface area contributed by atoms with Crippen molar-refractivity contribution in [3.05, 3.63) is 52.7 Å². The minimum absolute atomic E-state index is 0.577. The number of rotatable bonds is 4. The average molecular weight is 263 g/mol. The van der Waals surface area contributed by atoms with Crippen LogP contribution in [-0.2, 0) is 6.54 Å². The molecule has 1 N–H and O–H groups in total. The minimum atomic E-state index is 0.577. The highest BCUT2D eigenvalue weighted by Gasteiger charge is 2.04. The van der Waals surface area contributed by atoms with Gasteiger partial charge < -0.3 is 10.1 Å². The summed E-state index contributed by atoms with van der Waals surface area (Å²) in [7, 11) is 1.89. The Kier molecular flexibility index (Phi) is 4.18. The number of pyridine rings is 1. The standard InChI is InChI=1S/C14H15ClN2O/c1-10-6-7-11(15)8-13(10)18-14-5-3-4-12(17-14)9-16-2/h3-8,16H,9H2,1-2H3. The van der Waals surface area contributed by atoms with Crippen molar-refractivity contribution in [2.45, 2.75) is 13.5 Å². The highest BCUT2D eigenvalue weighted by molar-refractivity contribution is 6.30. The first kappa shape index (κ1) is 12.9. The number of halogens is 1. The lowest BCUT2D eigenvalue weighted by atomic mass is 10.2. The minimum Gasteiger partial charge on any atom is -0.439 e. The predicted molar refractivity (Wildman–Crippen MR) is 73.3 cm³/mol. The molecule has 0 spiro atoms. The Bertz CT molecular complexity index is 543. The van der Waals surface area contributed by atoms with Crippen LogP contribution in [0.3, 0.4) is 0 Å². The number of benzene rings is 1. The van der Waals surface area contributed by atoms with Crippen LogP contribution < -0.4 is 10.1 Å². The van der Waals surface area contributed by atoms with Gasteiger partial charge in [-0.25, -0.2) is 4.98 Å². The van der Waals surface area contributed by atoms with Crippen LogP contribution in [0.15, 0.2) is 36.4 Å². The van der Waals surface area contributed by atoms with E-state index in [2.05, 4.69) is 10.3 Å². The first-order chi connectivity index (χ1) is 8.69. The van der Waals surface area contributed by atoms with Crippen molar-refractivity contribution in [1.29, 1.82) is 0 Å². The zero-order chi connectivity index (χ0) is 13.0. The van der Waals surface area contributed by atoms with E-state index in [1.165, 1.54) is 0 Å². The molecule has 0 bridgehead atoms. The Balaban J connectivity index is 2.22. The van der Waals surface area contributed by atoms with Gasteiger partial charge in [0.25, 0.3) is 0 Å². The molecule has 0 fully saturated rings. The van der Waals surface area contributed by atoms with Crippen molar-refractivity contribution in [3.8, 4) is 11.6 Å². The molecular weight excluding hydrogens is 248 g/mol. The average Bonchev–Trinajstić information content (AvgIpc) is 2.35. The van der Waals surface area contributed by atoms with Gasteiger partial charge in [-0.2, -0.15) is 0 Å². The van der Waals surface area contributed by atoms with Gasteiger partial charge in [-0.1, -0.05) is 23.7 Å². The molecule has 0 aliphatic heterocycles. The molecule has 0 amide bonds. The number of aromatic nitrogens is 1. The first-order valence-corrected chi connectivity index (χ1v) is 6.11. The van der Waals surface area contributed by atoms with Crippen molar-refractivity contribution >= 4 is 11.6 Å². The molecule has 0 unspecified atom stereocenters. The van der Waals surface area contributed by atoms with Gasteiger partial charge in [-0.15, -0.1) is 0 Å². The van der Waals surface area contributed by atoms with E-state index in [9.17, 15) is 0 Å². The SMILES string of the molecule is CNCc1cccc(Oc2cc(Cl)ccc2C)n1. The highest BCUT2D eigenvalue weighted by Crippen LogP contribution is 2.26. The molecule has 0 saturated carbocycles. The van der Waals surface area contributed by atoms with Crippen molar-refractivity contribution in [2.75, 3.05) is 7.05 Å². The molecule has 0 atom stereocenters. The second-order valence-electron chi connectivity index (χ2n) is 4.01. The Morgan fingerprint density at radius 1 is 1.28 bits per heavy atom. The van der Waals surface area contributed by atoms with E-state index >= 15 is 0 Å². The molecule has 3 nitrogen and oxygen atoms in total. The summed E-state index contributed by atoms with van der Waals surface area (Å²) in [5.41, 5.74) is 1.97. The van der Waals surface area contributed by atoms with E-state index in [-0.39, 0.29) is 0 Å². The Hall–Kier alpha value is -1.58. The smallest absolute Gasteiger partial charge is 0.219 e. The number of aryl methyl sites for hydroxylation is 1. The Morgan fingerprint density at radius 3 is 2.89 bits per heavy atom. The van der Waals surface area contributed by atoms with Gasteiger partial charge in [0.1, 0.15) is 5.75 Å². The third-order valence-corrected chi connectivity index (χ3v) is 2.74. The third-order valence-electron chi connectivity index (χ3n) is 2.50. The van der Waals surface area contributed by atoms with Crippen LogP contribution in [0.4, 0.5) is 0 Å². The van der Waals surface area contributed by atoms with Crippen LogP contribution in [0.2, 0.25) is 5.02 Å². The number of hydrogen-bond acceptors (Lipinski definition) is 3. The molecule has 94 valence electrons. The molecule has 0 radical (unpaired) electrons. The summed E-state index contributed by atoms with van der Waals surface area (Å²) in [6, 6.07) is 11.3. The predicted octanol–water partition coefficient (Wildman–Crippen LogP) is 3.56. The summed E-state index contributed by atoms with van der Waals surface area (Å²) in [4.78, 5) is 4.40. The van der Waals surface area contributed by atoms with Crippen LogP contribution in [0.1, 0.15) is 11.3 Å². The molecule has 2 aromatic rings. The summed E-state index contributed by atoms with van der Waals surface area (Å²) >= 11 is 5.95. The molecule has 1 aromatic carbocycles. The molecule has 18 heavy (non-hydrogen) atoms. The topological polar surface area (TPSA) is 34.1 Å². The van der Waals surface area contributed by atoms with E-state index in [1.54, 1.807) is 6.07 Å². The lowest BCUT2D eigenvalue weighted by molar-refractivity contribution is 0.456. The highest BCUT2D eigenvalue weighted by atomic mass is 35.5. The maximum atomic E-state index is 5.95. The molecule has 0 aliphatic carbocycles. The maximum Gasteiger partial charge on any atom is 0.219 e. The summed E-state index contributed by atoms with van der Waals surface area (Å²) in [5.74, 6) is 1.31. The van der Waals surface area contributed by atoms with Crippen LogP contribution in [0.25, 0.3) is 0 Å². The lowest BCUT2D eigenvalue weighted by Crippen LogP contribution is -2.07. The van der Waals surface area contributed by atoms with Gasteiger partial charge in [0, 0.05) is 17.6 Å². The number of nitrogens with one attached hydrogen (secondary N) is 1. The number of hydrogen-bond donors (Lipinski definition) is 1. The van der Waals surface area contributed by atoms with Crippen molar-refractivity contribution in [1.82, 2.24) is 10.3 Å². The van der Waals surface area contributed by atoms with Crippen LogP contribution in [0.5, 0.6) is 11.6 Å². The first-order valence-electron chi connectivity index (χ1n) is 5.73. The van der Waals surface area contributed by atoms with Crippen molar-refractivity contribution < 1.29 is 4.74 Å². The van der Waals surface area contributed by atoms with E-state index in [4.69, 9.17) is 16.3 Å². The fourth-order valence-corrected chi connectivity index (χ4v) is 1.75. The fraction of sp³-hybridized carbons (Fsp3) is 0.214. The second-order valence-corrected chi connectivity index (χ2v) is 4.45. The summed E-state index contributed by atoms with van der Waals surface area (Å²) in [5, 5.41) is 3.71. The van der Waals surface area contributed by atoms with Gasteiger partial charge in [-0.3, -0.25) is 0 Å². The van der Waals surface area contributed by atoms with Gasteiger partial charge in [-0.05, 0) is 37.7 Å². The molecule has 0 aliphatic rings. The largest absolute Gasteiger partial charge is 0.439 e. The number of nitrogens with zero attached hydrogens (tertiary/aromatic N) is 1. The lowest BCUT2D eigenvalue weighted by Gasteiger charge is -2.09. The quantitative estimate of drug-likeness (QED) is 0.915. The summed E-state index contributed by atoms with van der Waals surface area (Å²) in [6.45, 7) is 2.69. The van der Waals surface area contributed by atoms with Crippen LogP contribution in [0, 0.1) is 6.92 Å². The fourth-order valence-electron chi connectivity index (χ4n) is 1.59. The zero-order valence-corrected chi connectivity index (χ0v) is 11.2. The normalized spacial score (nSPS) is 10.4. The summed E-state index contributed by atoms with van der Waals surface area (Å²) < 4.78 is 5.75. The van der Waals surface area contributed by atoms with Crippen LogP contribution >= 0.6 is 11.6 Å². The van der Waals surface area contributed by atoms with Crippen molar-refractivity contribution in [3.63, 3.8) is 0 Å².